The van der Waals surface area contributed by atoms with Crippen LogP contribution < -0.4 is 4.72 Å². The van der Waals surface area contributed by atoms with Crippen LogP contribution in [0.5, 0.6) is 0 Å². The van der Waals surface area contributed by atoms with Crippen LogP contribution in [0.3, 0.4) is 0 Å². The minimum absolute atomic E-state index is 0.0765. The maximum atomic E-state index is 13.9. The second-order valence-electron chi connectivity index (χ2n) is 8.05. The lowest BCUT2D eigenvalue weighted by molar-refractivity contribution is -0.0666. The van der Waals surface area contributed by atoms with Gasteiger partial charge in [0.25, 0.3) is 0 Å². The number of hydrogen-bond acceptors (Lipinski definition) is 2. The number of benzene rings is 1. The third kappa shape index (κ3) is 2.62. The van der Waals surface area contributed by atoms with Crippen molar-refractivity contribution in [1.29, 1.82) is 0 Å². The average molecular weight is 337 g/mol. The van der Waals surface area contributed by atoms with Crippen molar-refractivity contribution in [2.75, 3.05) is 0 Å². The van der Waals surface area contributed by atoms with Crippen molar-refractivity contribution in [3.8, 4) is 0 Å². The molecule has 1 aromatic carbocycles. The Morgan fingerprint density at radius 1 is 1.09 bits per heavy atom. The number of nitrogens with one attached hydrogen (secondary N) is 1. The van der Waals surface area contributed by atoms with E-state index in [4.69, 9.17) is 0 Å². The molecule has 0 unspecified atom stereocenters. The van der Waals surface area contributed by atoms with E-state index >= 15 is 0 Å². The molecule has 4 fully saturated rings. The van der Waals surface area contributed by atoms with Gasteiger partial charge in [-0.15, -0.1) is 0 Å². The van der Waals surface area contributed by atoms with E-state index in [-0.39, 0.29) is 16.4 Å². The predicted molar refractivity (Wildman–Crippen MR) is 86.8 cm³/mol. The molecule has 3 nitrogen and oxygen atoms in total. The molecule has 5 heteroatoms. The summed E-state index contributed by atoms with van der Waals surface area (Å²) < 4.78 is 41.9. The van der Waals surface area contributed by atoms with Crippen LogP contribution >= 0.6 is 0 Å². The Kier molecular flexibility index (Phi) is 3.58. The maximum Gasteiger partial charge on any atom is 0.243 e. The van der Waals surface area contributed by atoms with Gasteiger partial charge < -0.3 is 0 Å². The quantitative estimate of drug-likeness (QED) is 0.910. The Bertz CT molecular complexity index is 680. The van der Waals surface area contributed by atoms with Crippen molar-refractivity contribution >= 4 is 10.0 Å². The second kappa shape index (κ2) is 5.28. The molecule has 4 aliphatic carbocycles. The fourth-order valence-corrected chi connectivity index (χ4v) is 7.22. The zero-order valence-corrected chi connectivity index (χ0v) is 14.3. The van der Waals surface area contributed by atoms with Gasteiger partial charge in [0.05, 0.1) is 0 Å². The van der Waals surface area contributed by atoms with E-state index < -0.39 is 15.8 Å². The summed E-state index contributed by atoms with van der Waals surface area (Å²) in [6, 6.07) is 5.47. The van der Waals surface area contributed by atoms with Crippen LogP contribution in [0, 0.1) is 29.0 Å². The van der Waals surface area contributed by atoms with Gasteiger partial charge in [0, 0.05) is 6.04 Å². The smallest absolute Gasteiger partial charge is 0.208 e. The largest absolute Gasteiger partial charge is 0.243 e. The van der Waals surface area contributed by atoms with Crippen LogP contribution in [0.4, 0.5) is 4.39 Å². The second-order valence-corrected chi connectivity index (χ2v) is 9.74. The molecule has 1 atom stereocenters. The molecule has 1 aromatic rings. The number of rotatable bonds is 4. The fraction of sp³-hybridized carbons (Fsp3) is 0.667. The number of sulfonamides is 1. The first-order chi connectivity index (χ1) is 10.9. The van der Waals surface area contributed by atoms with E-state index in [1.807, 2.05) is 6.92 Å². The molecule has 4 bridgehead atoms. The highest BCUT2D eigenvalue weighted by molar-refractivity contribution is 7.89. The summed E-state index contributed by atoms with van der Waals surface area (Å²) in [4.78, 5) is -0.239. The summed E-state index contributed by atoms with van der Waals surface area (Å²) >= 11 is 0. The SMILES string of the molecule is C[C@H](NS(=O)(=O)c1ccccc1F)C12CC3CC(CC(C3)C1)C2. The topological polar surface area (TPSA) is 46.2 Å². The molecular weight excluding hydrogens is 313 g/mol. The molecule has 0 aliphatic heterocycles. The van der Waals surface area contributed by atoms with Gasteiger partial charge in [0.1, 0.15) is 10.7 Å². The standard InChI is InChI=1S/C18H24FNO2S/c1-12(20-23(21,22)17-5-3-2-4-16(17)19)18-9-13-6-14(10-18)8-15(7-13)11-18/h2-5,12-15,20H,6-11H2,1H3/t12-,13?,14?,15?,18?/m0/s1. The molecule has 126 valence electrons. The van der Waals surface area contributed by atoms with E-state index in [2.05, 4.69) is 4.72 Å². The minimum atomic E-state index is -3.81. The van der Waals surface area contributed by atoms with Gasteiger partial charge in [0.2, 0.25) is 10.0 Å². The Morgan fingerprint density at radius 2 is 1.61 bits per heavy atom. The van der Waals surface area contributed by atoms with Gasteiger partial charge in [-0.25, -0.2) is 17.5 Å². The molecule has 1 N–H and O–H groups in total. The van der Waals surface area contributed by atoms with Gasteiger partial charge in [-0.05, 0) is 80.8 Å². The summed E-state index contributed by atoms with van der Waals surface area (Å²) in [6.07, 6.45) is 7.35. The Morgan fingerprint density at radius 3 is 2.13 bits per heavy atom. The first-order valence-corrected chi connectivity index (χ1v) is 10.1. The highest BCUT2D eigenvalue weighted by atomic mass is 32.2. The van der Waals surface area contributed by atoms with Crippen molar-refractivity contribution in [1.82, 2.24) is 4.72 Å². The summed E-state index contributed by atoms with van der Waals surface area (Å²) in [5.41, 5.74) is 0.0765. The molecule has 0 heterocycles. The third-order valence-electron chi connectivity index (χ3n) is 6.46. The fourth-order valence-electron chi connectivity index (χ4n) is 5.79. The van der Waals surface area contributed by atoms with Crippen LogP contribution in [0.15, 0.2) is 29.2 Å². The van der Waals surface area contributed by atoms with E-state index in [1.165, 1.54) is 37.5 Å². The van der Waals surface area contributed by atoms with E-state index in [0.29, 0.717) is 0 Å². The lowest BCUT2D eigenvalue weighted by Gasteiger charge is -2.59. The molecule has 0 saturated heterocycles. The van der Waals surface area contributed by atoms with Crippen molar-refractivity contribution in [3.05, 3.63) is 30.1 Å². The number of halogens is 1. The van der Waals surface area contributed by atoms with Crippen molar-refractivity contribution in [2.45, 2.75) is 56.4 Å². The first kappa shape index (κ1) is 15.6. The zero-order valence-electron chi connectivity index (χ0n) is 13.5. The monoisotopic (exact) mass is 337 g/mol. The Balaban J connectivity index is 1.58. The van der Waals surface area contributed by atoms with Gasteiger partial charge in [-0.1, -0.05) is 12.1 Å². The summed E-state index contributed by atoms with van der Waals surface area (Å²) in [6.45, 7) is 1.98. The molecule has 23 heavy (non-hydrogen) atoms. The Hall–Kier alpha value is -0.940. The number of hydrogen-bond donors (Lipinski definition) is 1. The maximum absolute atomic E-state index is 13.9. The van der Waals surface area contributed by atoms with Crippen LogP contribution in [0.25, 0.3) is 0 Å². The molecule has 0 amide bonds. The van der Waals surface area contributed by atoms with Gasteiger partial charge in [-0.2, -0.15) is 0 Å². The van der Waals surface area contributed by atoms with Gasteiger partial charge in [0.15, 0.2) is 0 Å². The molecule has 5 rings (SSSR count). The minimum Gasteiger partial charge on any atom is -0.208 e. The molecule has 0 spiro atoms. The van der Waals surface area contributed by atoms with Crippen molar-refractivity contribution in [2.24, 2.45) is 23.2 Å². The molecule has 4 saturated carbocycles. The third-order valence-corrected chi connectivity index (χ3v) is 8.04. The molecule has 4 aliphatic rings. The van der Waals surface area contributed by atoms with Crippen LogP contribution in [0.1, 0.15) is 45.4 Å². The van der Waals surface area contributed by atoms with Crippen LogP contribution in [-0.2, 0) is 10.0 Å². The molecule has 0 aromatic heterocycles. The highest BCUT2D eigenvalue weighted by Crippen LogP contribution is 2.61. The van der Waals surface area contributed by atoms with Crippen LogP contribution in [0.2, 0.25) is 0 Å². The van der Waals surface area contributed by atoms with Crippen LogP contribution in [-0.4, -0.2) is 14.5 Å². The summed E-state index contributed by atoms with van der Waals surface area (Å²) in [7, 11) is -3.81. The summed E-state index contributed by atoms with van der Waals surface area (Å²) in [5, 5.41) is 0. The van der Waals surface area contributed by atoms with Crippen molar-refractivity contribution < 1.29 is 12.8 Å². The summed E-state index contributed by atoms with van der Waals surface area (Å²) in [5.74, 6) is 1.61. The first-order valence-electron chi connectivity index (χ1n) is 8.65. The van der Waals surface area contributed by atoms with E-state index in [1.54, 1.807) is 6.07 Å². The zero-order chi connectivity index (χ0) is 16.2. The molecular formula is C18H24FNO2S. The van der Waals surface area contributed by atoms with Gasteiger partial charge in [-0.3, -0.25) is 0 Å². The van der Waals surface area contributed by atoms with Gasteiger partial charge >= 0.3 is 0 Å². The highest BCUT2D eigenvalue weighted by Gasteiger charge is 2.53. The molecule has 0 radical (unpaired) electrons. The van der Waals surface area contributed by atoms with E-state index in [0.717, 1.165) is 37.0 Å². The van der Waals surface area contributed by atoms with Crippen molar-refractivity contribution in [3.63, 3.8) is 0 Å². The Labute approximate surface area is 137 Å². The predicted octanol–water partition coefficient (Wildman–Crippen LogP) is 3.71. The lowest BCUT2D eigenvalue weighted by atomic mass is 9.48. The lowest BCUT2D eigenvalue weighted by Crippen LogP contribution is -2.55. The van der Waals surface area contributed by atoms with E-state index in [9.17, 15) is 12.8 Å². The normalized spacial score (nSPS) is 37.0. The average Bonchev–Trinajstić information content (AvgIpc) is 2.45.